The van der Waals surface area contributed by atoms with E-state index in [1.807, 2.05) is 11.8 Å². The van der Waals surface area contributed by atoms with Crippen molar-refractivity contribution in [2.75, 3.05) is 11.5 Å². The van der Waals surface area contributed by atoms with Gasteiger partial charge in [-0.05, 0) is 55.4 Å². The van der Waals surface area contributed by atoms with E-state index in [0.717, 1.165) is 12.3 Å². The molecule has 1 nitrogen and oxygen atoms in total. The first-order valence-electron chi connectivity index (χ1n) is 5.99. The molecule has 2 heteroatoms. The fourth-order valence-corrected chi connectivity index (χ4v) is 3.04. The van der Waals surface area contributed by atoms with Crippen molar-refractivity contribution < 1.29 is 5.11 Å². The van der Waals surface area contributed by atoms with E-state index >= 15 is 0 Å². The molecule has 3 unspecified atom stereocenters. The van der Waals surface area contributed by atoms with Gasteiger partial charge in [0.2, 0.25) is 0 Å². The van der Waals surface area contributed by atoms with Crippen LogP contribution < -0.4 is 0 Å². The van der Waals surface area contributed by atoms with Gasteiger partial charge in [0.15, 0.2) is 0 Å². The predicted molar refractivity (Wildman–Crippen MR) is 64.7 cm³/mol. The second kappa shape index (κ2) is 6.73. The summed E-state index contributed by atoms with van der Waals surface area (Å²) in [4.78, 5) is 0. The smallest absolute Gasteiger partial charge is 0.0568 e. The molecule has 3 atom stereocenters. The van der Waals surface area contributed by atoms with Crippen LogP contribution >= 0.6 is 11.8 Å². The van der Waals surface area contributed by atoms with E-state index in [0.29, 0.717) is 5.92 Å². The average Bonchev–Trinajstić information content (AvgIpc) is 2.18. The second-order valence-corrected chi connectivity index (χ2v) is 5.98. The third-order valence-electron chi connectivity index (χ3n) is 3.27. The summed E-state index contributed by atoms with van der Waals surface area (Å²) in [6.07, 6.45) is 6.02. The van der Waals surface area contributed by atoms with Crippen molar-refractivity contribution in [1.82, 2.24) is 0 Å². The Labute approximate surface area is 92.7 Å². The molecule has 0 aromatic rings. The Morgan fingerprint density at radius 2 is 2.14 bits per heavy atom. The Balaban J connectivity index is 2.14. The van der Waals surface area contributed by atoms with E-state index < -0.39 is 0 Å². The lowest BCUT2D eigenvalue weighted by Crippen LogP contribution is -2.28. The lowest BCUT2D eigenvalue weighted by Gasteiger charge is -2.31. The summed E-state index contributed by atoms with van der Waals surface area (Å²) >= 11 is 2.02. The van der Waals surface area contributed by atoms with Crippen LogP contribution in [0.4, 0.5) is 0 Å². The first-order chi connectivity index (χ1) is 6.74. The maximum atomic E-state index is 9.84. The van der Waals surface area contributed by atoms with E-state index in [1.54, 1.807) is 0 Å². The molecule has 0 aromatic carbocycles. The zero-order chi connectivity index (χ0) is 10.4. The van der Waals surface area contributed by atoms with Crippen LogP contribution in [-0.2, 0) is 0 Å². The molecule has 1 aliphatic rings. The topological polar surface area (TPSA) is 20.2 Å². The molecule has 0 spiro atoms. The van der Waals surface area contributed by atoms with Crippen molar-refractivity contribution in [3.8, 4) is 0 Å². The van der Waals surface area contributed by atoms with Gasteiger partial charge < -0.3 is 5.11 Å². The molecule has 0 saturated heterocycles. The fraction of sp³-hybridized carbons (Fsp3) is 1.00. The van der Waals surface area contributed by atoms with Crippen LogP contribution in [0.5, 0.6) is 0 Å². The summed E-state index contributed by atoms with van der Waals surface area (Å²) in [5.41, 5.74) is 0. The van der Waals surface area contributed by atoms with Gasteiger partial charge in [-0.15, -0.1) is 0 Å². The van der Waals surface area contributed by atoms with Crippen LogP contribution in [0.1, 0.15) is 46.0 Å². The van der Waals surface area contributed by atoms with E-state index in [4.69, 9.17) is 0 Å². The Morgan fingerprint density at radius 3 is 2.86 bits per heavy atom. The summed E-state index contributed by atoms with van der Waals surface area (Å²) in [5.74, 6) is 3.93. The summed E-state index contributed by atoms with van der Waals surface area (Å²) in [6.45, 7) is 4.53. The van der Waals surface area contributed by atoms with Crippen LogP contribution in [0.2, 0.25) is 0 Å². The molecule has 0 aromatic heterocycles. The molecule has 84 valence electrons. The quantitative estimate of drug-likeness (QED) is 0.711. The van der Waals surface area contributed by atoms with Gasteiger partial charge in [0.25, 0.3) is 0 Å². The Morgan fingerprint density at radius 1 is 1.36 bits per heavy atom. The molecule has 0 amide bonds. The second-order valence-electron chi connectivity index (χ2n) is 4.58. The molecule has 1 aliphatic carbocycles. The average molecular weight is 216 g/mol. The minimum Gasteiger partial charge on any atom is -0.393 e. The summed E-state index contributed by atoms with van der Waals surface area (Å²) in [6, 6.07) is 0. The zero-order valence-corrected chi connectivity index (χ0v) is 10.4. The molecule has 0 bridgehead atoms. The molecule has 0 aliphatic heterocycles. The highest BCUT2D eigenvalue weighted by Gasteiger charge is 2.26. The number of hydrogen-bond acceptors (Lipinski definition) is 2. The minimum atomic E-state index is -0.00201. The number of aliphatic hydroxyl groups excluding tert-OH is 1. The van der Waals surface area contributed by atoms with E-state index in [-0.39, 0.29) is 6.10 Å². The third-order valence-corrected chi connectivity index (χ3v) is 4.26. The monoisotopic (exact) mass is 216 g/mol. The molecule has 1 N–H and O–H groups in total. The number of thioether (sulfide) groups is 1. The Bertz CT molecular complexity index is 149. The van der Waals surface area contributed by atoms with Gasteiger partial charge in [0.05, 0.1) is 6.10 Å². The van der Waals surface area contributed by atoms with Crippen molar-refractivity contribution in [3.63, 3.8) is 0 Å². The van der Waals surface area contributed by atoms with Crippen molar-refractivity contribution in [1.29, 1.82) is 0 Å². The third kappa shape index (κ3) is 4.22. The van der Waals surface area contributed by atoms with Crippen LogP contribution in [0.15, 0.2) is 0 Å². The highest BCUT2D eigenvalue weighted by atomic mass is 32.2. The molecular weight excluding hydrogens is 192 g/mol. The predicted octanol–water partition coefficient (Wildman–Crippen LogP) is 3.32. The SMILES string of the molecule is CCSCCCC1CC(C)CCC1O. The number of rotatable bonds is 5. The Kier molecular flexibility index (Phi) is 5.95. The zero-order valence-electron chi connectivity index (χ0n) is 9.54. The van der Waals surface area contributed by atoms with Gasteiger partial charge in [-0.2, -0.15) is 11.8 Å². The number of aliphatic hydroxyl groups is 1. The van der Waals surface area contributed by atoms with E-state index in [1.165, 1.54) is 37.2 Å². The summed E-state index contributed by atoms with van der Waals surface area (Å²) < 4.78 is 0. The van der Waals surface area contributed by atoms with Crippen LogP contribution in [-0.4, -0.2) is 22.7 Å². The Hall–Kier alpha value is 0.310. The molecule has 0 heterocycles. The van der Waals surface area contributed by atoms with Crippen LogP contribution in [0, 0.1) is 11.8 Å². The van der Waals surface area contributed by atoms with Crippen LogP contribution in [0.25, 0.3) is 0 Å². The highest BCUT2D eigenvalue weighted by Crippen LogP contribution is 2.32. The summed E-state index contributed by atoms with van der Waals surface area (Å²) in [5, 5.41) is 9.84. The maximum absolute atomic E-state index is 9.84. The molecular formula is C12H24OS. The minimum absolute atomic E-state index is 0.00201. The highest BCUT2D eigenvalue weighted by molar-refractivity contribution is 7.99. The van der Waals surface area contributed by atoms with Crippen molar-refractivity contribution in [3.05, 3.63) is 0 Å². The molecule has 14 heavy (non-hydrogen) atoms. The first-order valence-corrected chi connectivity index (χ1v) is 7.15. The van der Waals surface area contributed by atoms with E-state index in [2.05, 4.69) is 13.8 Å². The maximum Gasteiger partial charge on any atom is 0.0568 e. The lowest BCUT2D eigenvalue weighted by molar-refractivity contribution is 0.0472. The molecule has 1 fully saturated rings. The van der Waals surface area contributed by atoms with Crippen molar-refractivity contribution >= 4 is 11.8 Å². The number of hydrogen-bond donors (Lipinski definition) is 1. The molecule has 0 radical (unpaired) electrons. The largest absolute Gasteiger partial charge is 0.393 e. The van der Waals surface area contributed by atoms with Gasteiger partial charge in [-0.1, -0.05) is 13.8 Å². The van der Waals surface area contributed by atoms with Gasteiger partial charge in [-0.3, -0.25) is 0 Å². The van der Waals surface area contributed by atoms with E-state index in [9.17, 15) is 5.11 Å². The lowest BCUT2D eigenvalue weighted by atomic mass is 9.78. The molecule has 1 rings (SSSR count). The van der Waals surface area contributed by atoms with Gasteiger partial charge in [-0.25, -0.2) is 0 Å². The summed E-state index contributed by atoms with van der Waals surface area (Å²) in [7, 11) is 0. The van der Waals surface area contributed by atoms with Gasteiger partial charge in [0, 0.05) is 0 Å². The standard InChI is InChI=1S/C12H24OS/c1-3-14-8-4-5-11-9-10(2)6-7-12(11)13/h10-13H,3-9H2,1-2H3. The van der Waals surface area contributed by atoms with Gasteiger partial charge >= 0.3 is 0 Å². The van der Waals surface area contributed by atoms with Crippen molar-refractivity contribution in [2.24, 2.45) is 11.8 Å². The van der Waals surface area contributed by atoms with Gasteiger partial charge in [0.1, 0.15) is 0 Å². The first kappa shape index (κ1) is 12.4. The van der Waals surface area contributed by atoms with Crippen molar-refractivity contribution in [2.45, 2.75) is 52.1 Å². The normalized spacial score (nSPS) is 33.2. The molecule has 1 saturated carbocycles. The fourth-order valence-electron chi connectivity index (χ4n) is 2.38. The van der Waals surface area contributed by atoms with Crippen LogP contribution in [0.3, 0.4) is 0 Å².